The second kappa shape index (κ2) is 14.0. The number of carboxylic acid groups (broad SMARTS) is 10. The maximum atomic E-state index is 13.1. The lowest BCUT2D eigenvalue weighted by Crippen LogP contribution is -2.60. The first-order chi connectivity index (χ1) is 22.0. The molecule has 0 spiro atoms. The van der Waals surface area contributed by atoms with Crippen molar-refractivity contribution in [3.8, 4) is 0 Å². The standard InChI is InChI=1S/C24H22O24/c25-13(26)1-3(15(29)30)7(19(37)38)11(8(20(39)40)4(1)16(31)32)23(45)47-48-24(46)12-9(21(41)42)5(17(33)34)2(14(27)28)6(18(35)36)10(12)22(43)44/h1-12H,(H,25,26)(H,27,28)(H,29,30)(H,31,32)(H,33,34)(H,35,36)(H,37,38)(H,39,40)(H,41,42)(H,43,44). The van der Waals surface area contributed by atoms with Crippen molar-refractivity contribution in [2.75, 3.05) is 0 Å². The molecular weight excluding hydrogens is 672 g/mol. The van der Waals surface area contributed by atoms with Gasteiger partial charge < -0.3 is 51.1 Å². The molecule has 0 aromatic rings. The minimum atomic E-state index is -3.03. The zero-order chi connectivity index (χ0) is 37.3. The van der Waals surface area contributed by atoms with E-state index in [1.807, 2.05) is 0 Å². The predicted molar refractivity (Wildman–Crippen MR) is 130 cm³/mol. The first kappa shape index (κ1) is 37.8. The Morgan fingerprint density at radius 2 is 0.333 bits per heavy atom. The normalized spacial score (nSPS) is 32.8. The van der Waals surface area contributed by atoms with Crippen LogP contribution < -0.4 is 0 Å². The summed E-state index contributed by atoms with van der Waals surface area (Å²) in [5, 5.41) is 96.2. The molecule has 2 aliphatic rings. The van der Waals surface area contributed by atoms with Crippen molar-refractivity contribution < 1.29 is 118 Å². The number of hydrogen-bond acceptors (Lipinski definition) is 14. The monoisotopic (exact) mass is 694 g/mol. The Balaban J connectivity index is 2.71. The molecule has 2 fully saturated rings. The Morgan fingerprint density at radius 3 is 0.438 bits per heavy atom. The van der Waals surface area contributed by atoms with Crippen molar-refractivity contribution in [3.05, 3.63) is 0 Å². The molecule has 2 saturated carbocycles. The predicted octanol–water partition coefficient (Wildman–Crippen LogP) is -3.74. The molecular formula is C24H22O24. The molecule has 0 amide bonds. The Labute approximate surface area is 261 Å². The van der Waals surface area contributed by atoms with Crippen molar-refractivity contribution in [1.29, 1.82) is 0 Å². The van der Waals surface area contributed by atoms with Gasteiger partial charge in [-0.1, -0.05) is 0 Å². The minimum absolute atomic E-state index is 2.32. The van der Waals surface area contributed by atoms with Gasteiger partial charge in [0.15, 0.2) is 0 Å². The van der Waals surface area contributed by atoms with E-state index in [0.29, 0.717) is 0 Å². The van der Waals surface area contributed by atoms with Crippen molar-refractivity contribution >= 4 is 71.6 Å². The van der Waals surface area contributed by atoms with E-state index in [1.165, 1.54) is 0 Å². The Bertz CT molecular complexity index is 1300. The fraction of sp³-hybridized carbons (Fsp3) is 0.500. The van der Waals surface area contributed by atoms with E-state index in [0.717, 1.165) is 0 Å². The zero-order valence-electron chi connectivity index (χ0n) is 23.1. The van der Waals surface area contributed by atoms with Crippen LogP contribution in [0.15, 0.2) is 0 Å². The molecule has 0 aromatic carbocycles. The fourth-order valence-electron chi connectivity index (χ4n) is 6.53. The largest absolute Gasteiger partial charge is 0.481 e. The summed E-state index contributed by atoms with van der Waals surface area (Å²) in [6.07, 6.45) is 0. The van der Waals surface area contributed by atoms with E-state index < -0.39 is 143 Å². The lowest BCUT2D eigenvalue weighted by molar-refractivity contribution is -0.274. The van der Waals surface area contributed by atoms with Gasteiger partial charge in [0.2, 0.25) is 0 Å². The average Bonchev–Trinajstić information content (AvgIpc) is 2.95. The second-order valence-electron chi connectivity index (χ2n) is 10.5. The zero-order valence-corrected chi connectivity index (χ0v) is 23.1. The number of hydrogen-bond donors (Lipinski definition) is 10. The summed E-state index contributed by atoms with van der Waals surface area (Å²) in [6.45, 7) is 0. The highest BCUT2D eigenvalue weighted by Crippen LogP contribution is 2.49. The van der Waals surface area contributed by atoms with Gasteiger partial charge in [-0.25, -0.2) is 19.4 Å². The van der Waals surface area contributed by atoms with E-state index in [1.54, 1.807) is 0 Å². The van der Waals surface area contributed by atoms with Gasteiger partial charge in [0.05, 0.1) is 71.0 Å². The molecule has 48 heavy (non-hydrogen) atoms. The summed E-state index contributed by atoms with van der Waals surface area (Å²) in [7, 11) is 0. The van der Waals surface area contributed by atoms with Crippen LogP contribution in [0.2, 0.25) is 0 Å². The molecule has 8 unspecified atom stereocenters. The molecule has 0 heterocycles. The van der Waals surface area contributed by atoms with E-state index >= 15 is 0 Å². The number of rotatable bonds is 12. The minimum Gasteiger partial charge on any atom is -0.481 e. The smallest absolute Gasteiger partial charge is 0.360 e. The quantitative estimate of drug-likeness (QED) is 0.0692. The van der Waals surface area contributed by atoms with Crippen molar-refractivity contribution in [1.82, 2.24) is 0 Å². The fourth-order valence-corrected chi connectivity index (χ4v) is 6.53. The molecule has 0 bridgehead atoms. The topological polar surface area (TPSA) is 426 Å². The first-order valence-electron chi connectivity index (χ1n) is 12.7. The average molecular weight is 694 g/mol. The van der Waals surface area contributed by atoms with Crippen molar-refractivity contribution in [2.24, 2.45) is 71.0 Å². The number of carbonyl (C=O) groups is 12. The molecule has 0 saturated heterocycles. The molecule has 2 aliphatic carbocycles. The van der Waals surface area contributed by atoms with Crippen LogP contribution in [0.3, 0.4) is 0 Å². The van der Waals surface area contributed by atoms with Gasteiger partial charge in [-0.05, 0) is 0 Å². The van der Waals surface area contributed by atoms with E-state index in [-0.39, 0.29) is 0 Å². The molecule has 0 aromatic heterocycles. The van der Waals surface area contributed by atoms with Gasteiger partial charge in [-0.15, -0.1) is 0 Å². The van der Waals surface area contributed by atoms with Crippen LogP contribution in [0.4, 0.5) is 0 Å². The van der Waals surface area contributed by atoms with E-state index in [2.05, 4.69) is 9.78 Å². The van der Waals surface area contributed by atoms with Gasteiger partial charge in [-0.3, -0.25) is 47.9 Å². The maximum absolute atomic E-state index is 13.1. The van der Waals surface area contributed by atoms with Gasteiger partial charge in [-0.2, -0.15) is 0 Å². The Morgan fingerprint density at radius 1 is 0.229 bits per heavy atom. The first-order valence-corrected chi connectivity index (χ1v) is 12.7. The van der Waals surface area contributed by atoms with Crippen molar-refractivity contribution in [3.63, 3.8) is 0 Å². The lowest BCUT2D eigenvalue weighted by Gasteiger charge is -2.43. The summed E-state index contributed by atoms with van der Waals surface area (Å²) in [5.41, 5.74) is 0. The van der Waals surface area contributed by atoms with E-state index in [4.69, 9.17) is 0 Å². The third-order valence-corrected chi connectivity index (χ3v) is 8.24. The lowest BCUT2D eigenvalue weighted by atomic mass is 9.56. The molecule has 24 heteroatoms. The third kappa shape index (κ3) is 6.61. The van der Waals surface area contributed by atoms with Gasteiger partial charge in [0.25, 0.3) is 0 Å². The highest BCUT2D eigenvalue weighted by atomic mass is 17.2. The molecule has 0 radical (unpaired) electrons. The van der Waals surface area contributed by atoms with Crippen LogP contribution in [0.5, 0.6) is 0 Å². The molecule has 262 valence electrons. The Hall–Kier alpha value is -6.36. The summed E-state index contributed by atoms with van der Waals surface area (Å²) < 4.78 is 0. The molecule has 2 rings (SSSR count). The molecule has 0 aliphatic heterocycles. The summed E-state index contributed by atoms with van der Waals surface area (Å²) in [6, 6.07) is 0. The van der Waals surface area contributed by atoms with Gasteiger partial charge >= 0.3 is 71.6 Å². The van der Waals surface area contributed by atoms with Crippen LogP contribution in [0.25, 0.3) is 0 Å². The second-order valence-corrected chi connectivity index (χ2v) is 10.5. The molecule has 8 atom stereocenters. The van der Waals surface area contributed by atoms with Crippen LogP contribution in [0.1, 0.15) is 0 Å². The number of carboxylic acids is 10. The highest BCUT2D eigenvalue weighted by Gasteiger charge is 2.67. The van der Waals surface area contributed by atoms with Crippen LogP contribution >= 0.6 is 0 Å². The van der Waals surface area contributed by atoms with Crippen LogP contribution in [-0.4, -0.2) is 123 Å². The number of aliphatic carboxylic acids is 10. The van der Waals surface area contributed by atoms with E-state index in [9.17, 15) is 109 Å². The van der Waals surface area contributed by atoms with Crippen LogP contribution in [0, 0.1) is 71.0 Å². The van der Waals surface area contributed by atoms with Gasteiger partial charge in [0, 0.05) is 0 Å². The molecule has 24 nitrogen and oxygen atoms in total. The molecule has 10 N–H and O–H groups in total. The third-order valence-electron chi connectivity index (χ3n) is 8.24. The van der Waals surface area contributed by atoms with Gasteiger partial charge in [0.1, 0.15) is 0 Å². The number of carbonyl (C=O) groups excluding carboxylic acids is 2. The highest BCUT2D eigenvalue weighted by molar-refractivity contribution is 5.98. The summed E-state index contributed by atoms with van der Waals surface area (Å²) in [5.74, 6) is -63.6. The van der Waals surface area contributed by atoms with Crippen LogP contribution in [-0.2, 0) is 67.3 Å². The summed E-state index contributed by atoms with van der Waals surface area (Å²) >= 11 is 0. The summed E-state index contributed by atoms with van der Waals surface area (Å²) in [4.78, 5) is 154. The van der Waals surface area contributed by atoms with Crippen molar-refractivity contribution in [2.45, 2.75) is 0 Å². The SMILES string of the molecule is O=C(O)C1C(C(=O)O)C(C(=O)O)C(C(=O)OOC(=O)C2C(C(=O)O)C(C(=O)O)C(C(=O)O)C(C(=O)O)C2C(=O)O)C(C(=O)O)C1C(=O)O. The Kier molecular flexibility index (Phi) is 11.0. The maximum Gasteiger partial charge on any atom is 0.360 e.